The zero-order chi connectivity index (χ0) is 28.0. The Morgan fingerprint density at radius 1 is 0.737 bits per heavy atom. The number of ether oxygens (including phenoxy) is 2. The van der Waals surface area contributed by atoms with Gasteiger partial charge in [0, 0.05) is 10.0 Å². The minimum Gasteiger partial charge on any atom is -0.406 e. The molecule has 0 bridgehead atoms. The molecule has 1 aliphatic heterocycles. The van der Waals surface area contributed by atoms with Gasteiger partial charge in [0.15, 0.2) is 0 Å². The molecular weight excluding hydrogens is 563 g/mol. The van der Waals surface area contributed by atoms with Crippen LogP contribution in [-0.2, 0) is 15.0 Å². The zero-order valence-corrected chi connectivity index (χ0v) is 20.5. The number of benzene rings is 3. The third-order valence-corrected chi connectivity index (χ3v) is 6.41. The number of nitrogens with zero attached hydrogens (tertiary/aromatic N) is 1. The van der Waals surface area contributed by atoms with Gasteiger partial charge in [0.25, 0.3) is 0 Å². The molecule has 3 aromatic rings. The summed E-state index contributed by atoms with van der Waals surface area (Å²) >= 11 is 12.1. The van der Waals surface area contributed by atoms with Crippen molar-refractivity contribution in [3.63, 3.8) is 0 Å². The molecule has 0 aromatic heterocycles. The van der Waals surface area contributed by atoms with Crippen LogP contribution in [-0.4, -0.2) is 24.5 Å². The maximum absolute atomic E-state index is 14.1. The summed E-state index contributed by atoms with van der Waals surface area (Å²) in [5.74, 6) is -3.82. The van der Waals surface area contributed by atoms with Gasteiger partial charge in [-0.05, 0) is 53.6 Å². The smallest absolute Gasteiger partial charge is 0.406 e. The number of hydrogen-bond acceptors (Lipinski definition) is 4. The van der Waals surface area contributed by atoms with Crippen LogP contribution in [0.15, 0.2) is 66.7 Å². The molecule has 1 aliphatic rings. The SMILES string of the molecule is CC1C(=O)N(c2cc(Cl)cc(Cl)c2)C(=O)C1(c1ccc(OC(F)(F)F)cc1)c1ccc(OC(F)(F)F)cc1. The molecule has 0 radical (unpaired) electrons. The minimum atomic E-state index is -4.97. The van der Waals surface area contributed by atoms with Gasteiger partial charge >= 0.3 is 12.7 Å². The van der Waals surface area contributed by atoms with E-state index < -0.39 is 47.4 Å². The van der Waals surface area contributed by atoms with E-state index in [1.54, 1.807) is 0 Å². The lowest BCUT2D eigenvalue weighted by molar-refractivity contribution is -0.275. The Bertz CT molecular complexity index is 1290. The lowest BCUT2D eigenvalue weighted by Gasteiger charge is -2.31. The number of carbonyl (C=O) groups excluding carboxylic acids is 2. The van der Waals surface area contributed by atoms with Gasteiger partial charge in [-0.15, -0.1) is 26.3 Å². The summed E-state index contributed by atoms with van der Waals surface area (Å²) in [4.78, 5) is 28.4. The Labute approximate surface area is 221 Å². The molecule has 1 heterocycles. The molecule has 1 fully saturated rings. The van der Waals surface area contributed by atoms with E-state index >= 15 is 0 Å². The number of amides is 2. The Balaban J connectivity index is 1.88. The summed E-state index contributed by atoms with van der Waals surface area (Å²) in [5, 5.41) is 0.251. The van der Waals surface area contributed by atoms with Gasteiger partial charge in [-0.25, -0.2) is 4.90 Å². The van der Waals surface area contributed by atoms with Crippen LogP contribution in [0, 0.1) is 5.92 Å². The van der Waals surface area contributed by atoms with Crippen LogP contribution >= 0.6 is 23.2 Å². The van der Waals surface area contributed by atoms with Crippen molar-refractivity contribution >= 4 is 40.7 Å². The highest BCUT2D eigenvalue weighted by atomic mass is 35.5. The molecule has 0 spiro atoms. The molecule has 200 valence electrons. The molecule has 4 rings (SSSR count). The van der Waals surface area contributed by atoms with Gasteiger partial charge in [0.1, 0.15) is 16.9 Å². The third-order valence-electron chi connectivity index (χ3n) is 5.97. The van der Waals surface area contributed by atoms with Crippen molar-refractivity contribution in [1.82, 2.24) is 0 Å². The van der Waals surface area contributed by atoms with Crippen LogP contribution in [0.5, 0.6) is 11.5 Å². The number of anilines is 1. The van der Waals surface area contributed by atoms with Crippen molar-refractivity contribution < 1.29 is 45.4 Å². The van der Waals surface area contributed by atoms with Crippen LogP contribution in [0.3, 0.4) is 0 Å². The molecule has 1 atom stereocenters. The largest absolute Gasteiger partial charge is 0.573 e. The maximum Gasteiger partial charge on any atom is 0.573 e. The van der Waals surface area contributed by atoms with Gasteiger partial charge in [0.2, 0.25) is 11.8 Å². The van der Waals surface area contributed by atoms with Crippen molar-refractivity contribution in [3.05, 3.63) is 87.9 Å². The standard InChI is InChI=1S/C25H15Cl2F6NO4/c1-13-21(35)34(18-11-16(26)10-17(27)12-18)22(36)23(13,14-2-6-19(7-3-14)37-24(28,29)30)15-4-8-20(9-5-15)38-25(31,32)33/h2-13H,1H3. The second kappa shape index (κ2) is 9.70. The number of alkyl halides is 6. The lowest BCUT2D eigenvalue weighted by Crippen LogP contribution is -2.41. The molecule has 13 heteroatoms. The molecule has 2 amide bonds. The topological polar surface area (TPSA) is 55.8 Å². The third kappa shape index (κ3) is 5.25. The maximum atomic E-state index is 14.1. The quantitative estimate of drug-likeness (QED) is 0.236. The van der Waals surface area contributed by atoms with Gasteiger partial charge in [-0.2, -0.15) is 0 Å². The first kappa shape index (κ1) is 27.6. The summed E-state index contributed by atoms with van der Waals surface area (Å²) < 4.78 is 83.9. The molecule has 1 unspecified atom stereocenters. The monoisotopic (exact) mass is 577 g/mol. The molecule has 5 nitrogen and oxygen atoms in total. The van der Waals surface area contributed by atoms with Crippen LogP contribution in [0.2, 0.25) is 10.0 Å². The van der Waals surface area contributed by atoms with E-state index in [2.05, 4.69) is 9.47 Å². The van der Waals surface area contributed by atoms with Crippen LogP contribution in [0.25, 0.3) is 0 Å². The fraction of sp³-hybridized carbons (Fsp3) is 0.200. The first-order valence-electron chi connectivity index (χ1n) is 10.7. The van der Waals surface area contributed by atoms with Crippen LogP contribution < -0.4 is 14.4 Å². The number of hydrogen-bond donors (Lipinski definition) is 0. The van der Waals surface area contributed by atoms with E-state index in [4.69, 9.17) is 23.2 Å². The number of imide groups is 1. The fourth-order valence-electron chi connectivity index (χ4n) is 4.51. The Hall–Kier alpha value is -3.44. The zero-order valence-electron chi connectivity index (χ0n) is 19.0. The Morgan fingerprint density at radius 2 is 1.13 bits per heavy atom. The van der Waals surface area contributed by atoms with E-state index in [1.807, 2.05) is 0 Å². The average Bonchev–Trinajstić information content (AvgIpc) is 2.98. The molecule has 0 N–H and O–H groups in total. The second-order valence-electron chi connectivity index (χ2n) is 8.28. The molecular formula is C25H15Cl2F6NO4. The molecule has 3 aromatic carbocycles. The Kier molecular flexibility index (Phi) is 7.04. The lowest BCUT2D eigenvalue weighted by atomic mass is 9.67. The van der Waals surface area contributed by atoms with Crippen molar-refractivity contribution in [2.75, 3.05) is 4.90 Å². The highest BCUT2D eigenvalue weighted by Crippen LogP contribution is 2.49. The van der Waals surface area contributed by atoms with E-state index in [9.17, 15) is 35.9 Å². The predicted molar refractivity (Wildman–Crippen MR) is 125 cm³/mol. The van der Waals surface area contributed by atoms with Crippen LogP contribution in [0.1, 0.15) is 18.1 Å². The molecule has 1 saturated heterocycles. The van der Waals surface area contributed by atoms with Crippen molar-refractivity contribution in [2.45, 2.75) is 25.1 Å². The predicted octanol–water partition coefficient (Wildman–Crippen LogP) is 7.29. The summed E-state index contributed by atoms with van der Waals surface area (Å²) in [6.45, 7) is 1.42. The summed E-state index contributed by atoms with van der Waals surface area (Å²) in [5.41, 5.74) is -1.62. The van der Waals surface area contributed by atoms with Gasteiger partial charge in [-0.1, -0.05) is 54.4 Å². The molecule has 0 aliphatic carbocycles. The Morgan fingerprint density at radius 3 is 1.50 bits per heavy atom. The highest BCUT2D eigenvalue weighted by molar-refractivity contribution is 6.36. The molecule has 0 saturated carbocycles. The summed E-state index contributed by atoms with van der Waals surface area (Å²) in [6, 6.07) is 12.6. The normalized spacial score (nSPS) is 17.6. The second-order valence-corrected chi connectivity index (χ2v) is 9.15. The van der Waals surface area contributed by atoms with E-state index in [0.29, 0.717) is 0 Å². The van der Waals surface area contributed by atoms with E-state index in [1.165, 1.54) is 49.4 Å². The number of carbonyl (C=O) groups is 2. The van der Waals surface area contributed by atoms with Gasteiger partial charge in [-0.3, -0.25) is 9.59 Å². The number of rotatable bonds is 5. The minimum absolute atomic E-state index is 0.0419. The van der Waals surface area contributed by atoms with E-state index in [0.717, 1.165) is 29.2 Å². The summed E-state index contributed by atoms with van der Waals surface area (Å²) in [6.07, 6.45) is -9.94. The van der Waals surface area contributed by atoms with Gasteiger partial charge in [0.05, 0.1) is 11.6 Å². The number of halogens is 8. The first-order chi connectivity index (χ1) is 17.6. The van der Waals surface area contributed by atoms with Crippen molar-refractivity contribution in [2.24, 2.45) is 5.92 Å². The van der Waals surface area contributed by atoms with Crippen molar-refractivity contribution in [1.29, 1.82) is 0 Å². The summed E-state index contributed by atoms with van der Waals surface area (Å²) in [7, 11) is 0. The van der Waals surface area contributed by atoms with Crippen molar-refractivity contribution in [3.8, 4) is 11.5 Å². The van der Waals surface area contributed by atoms with Gasteiger partial charge < -0.3 is 9.47 Å². The highest BCUT2D eigenvalue weighted by Gasteiger charge is 2.60. The molecule has 38 heavy (non-hydrogen) atoms. The fourth-order valence-corrected chi connectivity index (χ4v) is 5.02. The van der Waals surface area contributed by atoms with E-state index in [-0.39, 0.29) is 26.9 Å². The van der Waals surface area contributed by atoms with Crippen LogP contribution in [0.4, 0.5) is 32.0 Å². The first-order valence-corrected chi connectivity index (χ1v) is 11.4. The average molecular weight is 578 g/mol.